The predicted molar refractivity (Wildman–Crippen MR) is 107 cm³/mol. The van der Waals surface area contributed by atoms with Crippen LogP contribution in [0, 0.1) is 0 Å². The van der Waals surface area contributed by atoms with Crippen molar-refractivity contribution in [1.29, 1.82) is 0 Å². The largest absolute Gasteiger partial charge is 0.488 e. The molecule has 4 aromatic rings. The zero-order valence-electron chi connectivity index (χ0n) is 15.3. The standard InChI is InChI=1S/C21H17N5O3/c22-19(27)16-8-1-2-9-17(16)29-13-14-6-5-7-15(12-14)20(28)23-21-25-24-18-10-3-4-11-26(18)21/h1-12H,13H2,(H2,22,27)(H,23,25,28). The summed E-state index contributed by atoms with van der Waals surface area (Å²) in [5.74, 6) is -0.149. The summed E-state index contributed by atoms with van der Waals surface area (Å²) >= 11 is 0. The van der Waals surface area contributed by atoms with Crippen LogP contribution < -0.4 is 15.8 Å². The smallest absolute Gasteiger partial charge is 0.258 e. The van der Waals surface area contributed by atoms with E-state index in [2.05, 4.69) is 15.5 Å². The number of para-hydroxylation sites is 1. The van der Waals surface area contributed by atoms with E-state index in [9.17, 15) is 9.59 Å². The highest BCUT2D eigenvalue weighted by Crippen LogP contribution is 2.19. The summed E-state index contributed by atoms with van der Waals surface area (Å²) in [6.07, 6.45) is 1.77. The molecule has 0 fully saturated rings. The van der Waals surface area contributed by atoms with E-state index in [0.29, 0.717) is 28.5 Å². The van der Waals surface area contributed by atoms with Gasteiger partial charge in [-0.1, -0.05) is 30.3 Å². The lowest BCUT2D eigenvalue weighted by molar-refractivity contribution is 0.0994. The third-order valence-electron chi connectivity index (χ3n) is 4.28. The second-order valence-electron chi connectivity index (χ2n) is 6.26. The van der Waals surface area contributed by atoms with Gasteiger partial charge < -0.3 is 10.5 Å². The normalized spacial score (nSPS) is 10.6. The molecule has 2 amide bonds. The van der Waals surface area contributed by atoms with Gasteiger partial charge in [0.1, 0.15) is 12.4 Å². The molecule has 0 saturated carbocycles. The molecule has 2 aromatic carbocycles. The molecule has 0 unspecified atom stereocenters. The van der Waals surface area contributed by atoms with Crippen molar-refractivity contribution < 1.29 is 14.3 Å². The topological polar surface area (TPSA) is 112 Å². The monoisotopic (exact) mass is 387 g/mol. The first-order valence-corrected chi connectivity index (χ1v) is 8.83. The first-order chi connectivity index (χ1) is 14.1. The Bertz CT molecular complexity index is 1200. The Labute approximate surface area is 165 Å². The highest BCUT2D eigenvalue weighted by Gasteiger charge is 2.12. The van der Waals surface area contributed by atoms with E-state index in [1.807, 2.05) is 18.2 Å². The number of nitrogens with one attached hydrogen (secondary N) is 1. The summed E-state index contributed by atoms with van der Waals surface area (Å²) in [7, 11) is 0. The number of hydrogen-bond acceptors (Lipinski definition) is 5. The quantitative estimate of drug-likeness (QED) is 0.528. The van der Waals surface area contributed by atoms with Crippen molar-refractivity contribution >= 4 is 23.4 Å². The molecule has 8 nitrogen and oxygen atoms in total. The maximum atomic E-state index is 12.6. The number of nitrogens with two attached hydrogens (primary N) is 1. The van der Waals surface area contributed by atoms with Gasteiger partial charge in [0.2, 0.25) is 5.95 Å². The van der Waals surface area contributed by atoms with Crippen LogP contribution in [-0.2, 0) is 6.61 Å². The molecule has 0 saturated heterocycles. The molecule has 0 spiro atoms. The fourth-order valence-electron chi connectivity index (χ4n) is 2.86. The van der Waals surface area contributed by atoms with Crippen LogP contribution in [0.3, 0.4) is 0 Å². The first kappa shape index (κ1) is 18.2. The predicted octanol–water partition coefficient (Wildman–Crippen LogP) is 2.66. The molecule has 0 radical (unpaired) electrons. The molecule has 2 heterocycles. The Morgan fingerprint density at radius 3 is 2.69 bits per heavy atom. The maximum Gasteiger partial charge on any atom is 0.258 e. The van der Waals surface area contributed by atoms with Crippen LogP contribution in [-0.4, -0.2) is 26.4 Å². The van der Waals surface area contributed by atoms with Crippen LogP contribution >= 0.6 is 0 Å². The fraction of sp³-hybridized carbons (Fsp3) is 0.0476. The second-order valence-corrected chi connectivity index (χ2v) is 6.26. The third kappa shape index (κ3) is 3.91. The minimum absolute atomic E-state index is 0.180. The highest BCUT2D eigenvalue weighted by molar-refractivity contribution is 6.03. The number of carbonyl (C=O) groups excluding carboxylic acids is 2. The Morgan fingerprint density at radius 2 is 1.83 bits per heavy atom. The van der Waals surface area contributed by atoms with E-state index in [-0.39, 0.29) is 12.5 Å². The van der Waals surface area contributed by atoms with Gasteiger partial charge in [-0.3, -0.25) is 19.3 Å². The minimum atomic E-state index is -0.561. The molecular formula is C21H17N5O3. The van der Waals surface area contributed by atoms with Crippen molar-refractivity contribution in [2.75, 3.05) is 5.32 Å². The van der Waals surface area contributed by atoms with Gasteiger partial charge in [0, 0.05) is 11.8 Å². The average molecular weight is 387 g/mol. The summed E-state index contributed by atoms with van der Waals surface area (Å²) in [5, 5.41) is 10.8. The summed E-state index contributed by atoms with van der Waals surface area (Å²) in [5.41, 5.74) is 7.52. The van der Waals surface area contributed by atoms with E-state index in [1.54, 1.807) is 59.1 Å². The number of nitrogens with zero attached hydrogens (tertiary/aromatic N) is 3. The second kappa shape index (κ2) is 7.81. The number of aromatic nitrogens is 3. The van der Waals surface area contributed by atoms with Crippen molar-refractivity contribution in [1.82, 2.24) is 14.6 Å². The van der Waals surface area contributed by atoms with Gasteiger partial charge >= 0.3 is 0 Å². The molecule has 0 aliphatic rings. The number of primary amides is 1. The van der Waals surface area contributed by atoms with Gasteiger partial charge in [-0.15, -0.1) is 10.2 Å². The van der Waals surface area contributed by atoms with E-state index in [4.69, 9.17) is 10.5 Å². The lowest BCUT2D eigenvalue weighted by Crippen LogP contribution is -2.15. The van der Waals surface area contributed by atoms with Gasteiger partial charge in [-0.05, 0) is 42.0 Å². The Balaban J connectivity index is 1.49. The van der Waals surface area contributed by atoms with Crippen molar-refractivity contribution in [3.63, 3.8) is 0 Å². The Hall–Kier alpha value is -4.20. The van der Waals surface area contributed by atoms with Crippen LogP contribution in [0.2, 0.25) is 0 Å². The van der Waals surface area contributed by atoms with Gasteiger partial charge in [0.05, 0.1) is 5.56 Å². The molecule has 0 aliphatic heterocycles. The zero-order valence-corrected chi connectivity index (χ0v) is 15.3. The number of amides is 2. The minimum Gasteiger partial charge on any atom is -0.488 e. The Morgan fingerprint density at radius 1 is 1.00 bits per heavy atom. The number of fused-ring (bicyclic) bond motifs is 1. The molecule has 4 rings (SSSR count). The lowest BCUT2D eigenvalue weighted by Gasteiger charge is -2.10. The Kier molecular flexibility index (Phi) is 4.90. The number of hydrogen-bond donors (Lipinski definition) is 2. The molecule has 0 aliphatic carbocycles. The summed E-state index contributed by atoms with van der Waals surface area (Å²) in [4.78, 5) is 24.1. The zero-order chi connectivity index (χ0) is 20.2. The number of anilines is 1. The molecule has 0 atom stereocenters. The number of rotatable bonds is 6. The molecular weight excluding hydrogens is 370 g/mol. The summed E-state index contributed by atoms with van der Waals surface area (Å²) in [6, 6.07) is 19.2. The van der Waals surface area contributed by atoms with Gasteiger partial charge in [0.25, 0.3) is 11.8 Å². The highest BCUT2D eigenvalue weighted by atomic mass is 16.5. The summed E-state index contributed by atoms with van der Waals surface area (Å²) < 4.78 is 7.41. The average Bonchev–Trinajstić information content (AvgIpc) is 3.15. The first-order valence-electron chi connectivity index (χ1n) is 8.83. The SMILES string of the molecule is NC(=O)c1ccccc1OCc1cccc(C(=O)Nc2nnc3ccccn23)c1. The number of pyridine rings is 1. The third-order valence-corrected chi connectivity index (χ3v) is 4.28. The van der Waals surface area contributed by atoms with Crippen molar-refractivity contribution in [2.24, 2.45) is 5.73 Å². The van der Waals surface area contributed by atoms with Crippen LogP contribution in [0.15, 0.2) is 72.9 Å². The molecule has 0 bridgehead atoms. The molecule has 29 heavy (non-hydrogen) atoms. The van der Waals surface area contributed by atoms with E-state index >= 15 is 0 Å². The number of carbonyl (C=O) groups is 2. The van der Waals surface area contributed by atoms with E-state index in [1.165, 1.54) is 0 Å². The molecule has 8 heteroatoms. The molecule has 3 N–H and O–H groups in total. The van der Waals surface area contributed by atoms with Gasteiger partial charge in [-0.25, -0.2) is 0 Å². The van der Waals surface area contributed by atoms with Crippen molar-refractivity contribution in [2.45, 2.75) is 6.61 Å². The van der Waals surface area contributed by atoms with Gasteiger partial charge in [-0.2, -0.15) is 0 Å². The molecule has 2 aromatic heterocycles. The van der Waals surface area contributed by atoms with Crippen LogP contribution in [0.5, 0.6) is 5.75 Å². The van der Waals surface area contributed by atoms with Crippen molar-refractivity contribution in [3.8, 4) is 5.75 Å². The van der Waals surface area contributed by atoms with Crippen LogP contribution in [0.25, 0.3) is 5.65 Å². The lowest BCUT2D eigenvalue weighted by atomic mass is 10.1. The van der Waals surface area contributed by atoms with E-state index < -0.39 is 5.91 Å². The van der Waals surface area contributed by atoms with Gasteiger partial charge in [0.15, 0.2) is 5.65 Å². The molecule has 144 valence electrons. The van der Waals surface area contributed by atoms with Crippen LogP contribution in [0.1, 0.15) is 26.3 Å². The number of benzene rings is 2. The van der Waals surface area contributed by atoms with E-state index in [0.717, 1.165) is 5.56 Å². The number of ether oxygens (including phenoxy) is 1. The maximum absolute atomic E-state index is 12.6. The van der Waals surface area contributed by atoms with Crippen LogP contribution in [0.4, 0.5) is 5.95 Å². The summed E-state index contributed by atoms with van der Waals surface area (Å²) in [6.45, 7) is 0.180. The van der Waals surface area contributed by atoms with Crippen molar-refractivity contribution in [3.05, 3.63) is 89.6 Å². The fourth-order valence-corrected chi connectivity index (χ4v) is 2.86.